The maximum absolute atomic E-state index is 5.61. The van der Waals surface area contributed by atoms with Crippen LogP contribution < -0.4 is 14.8 Å². The molecular weight excluding hydrogens is 276 g/mol. The molecule has 1 N–H and O–H groups in total. The Bertz CT molecular complexity index is 445. The van der Waals surface area contributed by atoms with Crippen LogP contribution in [0.4, 0.5) is 0 Å². The Morgan fingerprint density at radius 2 is 1.91 bits per heavy atom. The Hall–Kier alpha value is -1.26. The summed E-state index contributed by atoms with van der Waals surface area (Å²) in [6.07, 6.45) is 5.08. The molecule has 1 heterocycles. The van der Waals surface area contributed by atoms with Crippen LogP contribution in [0.15, 0.2) is 18.2 Å². The summed E-state index contributed by atoms with van der Waals surface area (Å²) in [7, 11) is 3.47. The molecule has 0 amide bonds. The van der Waals surface area contributed by atoms with Crippen molar-refractivity contribution < 1.29 is 9.47 Å². The molecule has 1 aliphatic heterocycles. The highest BCUT2D eigenvalue weighted by Crippen LogP contribution is 2.33. The maximum Gasteiger partial charge on any atom is 0.123 e. The SMILES string of the molecule is CCCNCC(c1cc(OC)ccc1OC)N1CCCCC1. The molecule has 0 bridgehead atoms. The van der Waals surface area contributed by atoms with Crippen LogP contribution in [-0.4, -0.2) is 45.3 Å². The molecule has 1 aliphatic rings. The summed E-state index contributed by atoms with van der Waals surface area (Å²) in [6.45, 7) is 6.54. The van der Waals surface area contributed by atoms with Crippen molar-refractivity contribution in [3.63, 3.8) is 0 Å². The predicted molar refractivity (Wildman–Crippen MR) is 90.9 cm³/mol. The third-order valence-electron chi connectivity index (χ3n) is 4.39. The van der Waals surface area contributed by atoms with E-state index in [0.29, 0.717) is 6.04 Å². The van der Waals surface area contributed by atoms with Gasteiger partial charge in [0.1, 0.15) is 11.5 Å². The molecule has 0 radical (unpaired) electrons. The van der Waals surface area contributed by atoms with Gasteiger partial charge in [0.15, 0.2) is 0 Å². The van der Waals surface area contributed by atoms with Crippen LogP contribution in [0.3, 0.4) is 0 Å². The minimum Gasteiger partial charge on any atom is -0.497 e. The first-order valence-corrected chi connectivity index (χ1v) is 8.46. The van der Waals surface area contributed by atoms with Gasteiger partial charge in [-0.15, -0.1) is 0 Å². The van der Waals surface area contributed by atoms with Crippen LogP contribution >= 0.6 is 0 Å². The third-order valence-corrected chi connectivity index (χ3v) is 4.39. The first-order valence-electron chi connectivity index (χ1n) is 8.46. The molecule has 4 heteroatoms. The van der Waals surface area contributed by atoms with E-state index >= 15 is 0 Å². The summed E-state index contributed by atoms with van der Waals surface area (Å²) < 4.78 is 11.0. The molecule has 1 unspecified atom stereocenters. The second-order valence-corrected chi connectivity index (χ2v) is 5.92. The Morgan fingerprint density at radius 3 is 2.55 bits per heavy atom. The standard InChI is InChI=1S/C18H30N2O2/c1-4-10-19-14-17(20-11-6-5-7-12-20)16-13-15(21-2)8-9-18(16)22-3/h8-9,13,17,19H,4-7,10-12,14H2,1-3H3. The van der Waals surface area contributed by atoms with Crippen LogP contribution in [0, 0.1) is 0 Å². The van der Waals surface area contributed by atoms with Crippen molar-refractivity contribution >= 4 is 0 Å². The normalized spacial score (nSPS) is 17.2. The van der Waals surface area contributed by atoms with Gasteiger partial charge < -0.3 is 14.8 Å². The van der Waals surface area contributed by atoms with Crippen molar-refractivity contribution in [2.45, 2.75) is 38.6 Å². The smallest absolute Gasteiger partial charge is 0.123 e. The van der Waals surface area contributed by atoms with E-state index < -0.39 is 0 Å². The number of nitrogens with zero attached hydrogens (tertiary/aromatic N) is 1. The lowest BCUT2D eigenvalue weighted by Gasteiger charge is -2.35. The van der Waals surface area contributed by atoms with Gasteiger partial charge >= 0.3 is 0 Å². The molecule has 1 atom stereocenters. The topological polar surface area (TPSA) is 33.7 Å². The van der Waals surface area contributed by atoms with Gasteiger partial charge in [0.25, 0.3) is 0 Å². The highest BCUT2D eigenvalue weighted by atomic mass is 16.5. The van der Waals surface area contributed by atoms with Crippen molar-refractivity contribution in [1.29, 1.82) is 0 Å². The number of likely N-dealkylation sites (tertiary alicyclic amines) is 1. The van der Waals surface area contributed by atoms with Gasteiger partial charge in [0.2, 0.25) is 0 Å². The largest absolute Gasteiger partial charge is 0.497 e. The number of nitrogens with one attached hydrogen (secondary N) is 1. The summed E-state index contributed by atoms with van der Waals surface area (Å²) >= 11 is 0. The number of rotatable bonds is 8. The fraction of sp³-hybridized carbons (Fsp3) is 0.667. The minimum absolute atomic E-state index is 0.344. The van der Waals surface area contributed by atoms with Gasteiger partial charge in [-0.05, 0) is 57.1 Å². The number of hydrogen-bond donors (Lipinski definition) is 1. The average molecular weight is 306 g/mol. The Labute approximate surface area is 134 Å². The fourth-order valence-corrected chi connectivity index (χ4v) is 3.18. The Kier molecular flexibility index (Phi) is 7.00. The lowest BCUT2D eigenvalue weighted by molar-refractivity contribution is 0.157. The summed E-state index contributed by atoms with van der Waals surface area (Å²) in [5.41, 5.74) is 1.23. The molecule has 0 aromatic heterocycles. The molecule has 22 heavy (non-hydrogen) atoms. The number of benzene rings is 1. The van der Waals surface area contributed by atoms with Gasteiger partial charge in [-0.2, -0.15) is 0 Å². The van der Waals surface area contributed by atoms with Gasteiger partial charge in [-0.25, -0.2) is 0 Å². The summed E-state index contributed by atoms with van der Waals surface area (Å²) in [4.78, 5) is 2.59. The molecule has 0 spiro atoms. The molecule has 0 aliphatic carbocycles. The number of methoxy groups -OCH3 is 2. The Morgan fingerprint density at radius 1 is 1.14 bits per heavy atom. The molecule has 1 fully saturated rings. The fourth-order valence-electron chi connectivity index (χ4n) is 3.18. The summed E-state index contributed by atoms with van der Waals surface area (Å²) in [5, 5.41) is 3.58. The summed E-state index contributed by atoms with van der Waals surface area (Å²) in [5.74, 6) is 1.85. The lowest BCUT2D eigenvalue weighted by Crippen LogP contribution is -2.39. The van der Waals surface area contributed by atoms with E-state index in [1.165, 1.54) is 37.9 Å². The van der Waals surface area contributed by atoms with E-state index in [1.807, 2.05) is 12.1 Å². The predicted octanol–water partition coefficient (Wildman–Crippen LogP) is 3.23. The van der Waals surface area contributed by atoms with E-state index in [4.69, 9.17) is 9.47 Å². The number of ether oxygens (including phenoxy) is 2. The first-order chi connectivity index (χ1) is 10.8. The van der Waals surface area contributed by atoms with Gasteiger partial charge in [0.05, 0.1) is 20.3 Å². The molecular formula is C18H30N2O2. The van der Waals surface area contributed by atoms with Crippen LogP contribution in [0.25, 0.3) is 0 Å². The third kappa shape index (κ3) is 4.37. The zero-order valence-electron chi connectivity index (χ0n) is 14.2. The van der Waals surface area contributed by atoms with E-state index in [0.717, 1.165) is 31.0 Å². The number of piperidine rings is 1. The molecule has 1 aromatic carbocycles. The second-order valence-electron chi connectivity index (χ2n) is 5.92. The Balaban J connectivity index is 2.25. The van der Waals surface area contributed by atoms with Crippen LogP contribution in [0.1, 0.15) is 44.2 Å². The molecule has 1 saturated heterocycles. The van der Waals surface area contributed by atoms with Crippen LogP contribution in [-0.2, 0) is 0 Å². The summed E-state index contributed by atoms with van der Waals surface area (Å²) in [6, 6.07) is 6.46. The minimum atomic E-state index is 0.344. The molecule has 2 rings (SSSR count). The van der Waals surface area contributed by atoms with Gasteiger partial charge in [0, 0.05) is 12.1 Å². The van der Waals surface area contributed by atoms with Crippen molar-refractivity contribution in [1.82, 2.24) is 10.2 Å². The maximum atomic E-state index is 5.61. The van der Waals surface area contributed by atoms with Gasteiger partial charge in [-0.1, -0.05) is 13.3 Å². The zero-order chi connectivity index (χ0) is 15.8. The van der Waals surface area contributed by atoms with Crippen molar-refractivity contribution in [2.75, 3.05) is 40.4 Å². The average Bonchev–Trinajstić information content (AvgIpc) is 2.59. The highest BCUT2D eigenvalue weighted by molar-refractivity contribution is 5.42. The van der Waals surface area contributed by atoms with Crippen LogP contribution in [0.5, 0.6) is 11.5 Å². The molecule has 124 valence electrons. The van der Waals surface area contributed by atoms with Crippen molar-refractivity contribution in [2.24, 2.45) is 0 Å². The van der Waals surface area contributed by atoms with Crippen LogP contribution in [0.2, 0.25) is 0 Å². The van der Waals surface area contributed by atoms with Crippen molar-refractivity contribution in [3.05, 3.63) is 23.8 Å². The van der Waals surface area contributed by atoms with E-state index in [2.05, 4.69) is 23.2 Å². The first kappa shape index (κ1) is 17.1. The van der Waals surface area contributed by atoms with E-state index in [9.17, 15) is 0 Å². The van der Waals surface area contributed by atoms with Gasteiger partial charge in [-0.3, -0.25) is 4.90 Å². The zero-order valence-corrected chi connectivity index (χ0v) is 14.2. The monoisotopic (exact) mass is 306 g/mol. The lowest BCUT2D eigenvalue weighted by atomic mass is 10.00. The quantitative estimate of drug-likeness (QED) is 0.748. The molecule has 0 saturated carbocycles. The highest BCUT2D eigenvalue weighted by Gasteiger charge is 2.25. The second kappa shape index (κ2) is 9.01. The van der Waals surface area contributed by atoms with Crippen molar-refractivity contribution in [3.8, 4) is 11.5 Å². The number of hydrogen-bond acceptors (Lipinski definition) is 4. The van der Waals surface area contributed by atoms with E-state index in [-0.39, 0.29) is 0 Å². The van der Waals surface area contributed by atoms with E-state index in [1.54, 1.807) is 14.2 Å². The molecule has 1 aromatic rings. The molecule has 4 nitrogen and oxygen atoms in total.